The van der Waals surface area contributed by atoms with Crippen molar-refractivity contribution in [3.63, 3.8) is 0 Å². The van der Waals surface area contributed by atoms with E-state index in [0.717, 1.165) is 0 Å². The smallest absolute Gasteiger partial charge is 0.269 e. The highest BCUT2D eigenvalue weighted by Crippen LogP contribution is 2.20. The van der Waals surface area contributed by atoms with Gasteiger partial charge in [-0.3, -0.25) is 14.9 Å². The zero-order valence-corrected chi connectivity index (χ0v) is 12.8. The minimum Gasteiger partial charge on any atom is -0.461 e. The molecule has 1 aromatic carbocycles. The third-order valence-electron chi connectivity index (χ3n) is 3.52. The average molecular weight is 333 g/mol. The van der Waals surface area contributed by atoms with Gasteiger partial charge in [-0.15, -0.1) is 0 Å². The first-order valence-electron chi connectivity index (χ1n) is 7.22. The number of carbonyl (C=O) groups excluding carboxylic acids is 1. The zero-order valence-electron chi connectivity index (χ0n) is 12.8. The van der Waals surface area contributed by atoms with Gasteiger partial charge in [0.1, 0.15) is 11.6 Å². The number of nitrogens with zero attached hydrogens (tertiary/aromatic N) is 3. The van der Waals surface area contributed by atoms with Crippen LogP contribution in [0.15, 0.2) is 71.0 Å². The first kappa shape index (κ1) is 16.0. The van der Waals surface area contributed by atoms with Crippen LogP contribution >= 0.6 is 0 Å². The Labute approximate surface area is 142 Å². The number of Topliss-reactive ketones (excluding diaryl/α,β-unsaturated/α-hetero) is 1. The number of non-ortho nitro benzene ring substituents is 1. The number of furan rings is 1. The number of hydrogen-bond acceptors (Lipinski definition) is 5. The summed E-state index contributed by atoms with van der Waals surface area (Å²) in [5.74, 6) is -0.426. The molecular weight excluding hydrogens is 322 g/mol. The molecule has 2 aromatic heterocycles. The van der Waals surface area contributed by atoms with Gasteiger partial charge in [-0.25, -0.2) is 0 Å². The number of rotatable bonds is 5. The average Bonchev–Trinajstić information content (AvgIpc) is 3.31. The third-order valence-corrected chi connectivity index (χ3v) is 3.52. The van der Waals surface area contributed by atoms with E-state index in [1.54, 1.807) is 41.1 Å². The molecule has 25 heavy (non-hydrogen) atoms. The molecule has 0 N–H and O–H groups in total. The molecule has 0 amide bonds. The molecule has 0 spiro atoms. The van der Waals surface area contributed by atoms with Crippen LogP contribution < -0.4 is 0 Å². The topological polar surface area (TPSA) is 102 Å². The lowest BCUT2D eigenvalue weighted by molar-refractivity contribution is -0.384. The van der Waals surface area contributed by atoms with Crippen molar-refractivity contribution in [3.05, 3.63) is 88.1 Å². The van der Waals surface area contributed by atoms with Gasteiger partial charge in [0.2, 0.25) is 5.78 Å². The number of nitro groups is 1. The summed E-state index contributed by atoms with van der Waals surface area (Å²) in [5, 5.41) is 20.0. The Morgan fingerprint density at radius 1 is 1.20 bits per heavy atom. The second-order valence-corrected chi connectivity index (χ2v) is 5.05. The molecule has 0 bridgehead atoms. The quantitative estimate of drug-likeness (QED) is 0.232. The van der Waals surface area contributed by atoms with Crippen LogP contribution in [0.4, 0.5) is 5.69 Å². The first-order valence-corrected chi connectivity index (χ1v) is 7.22. The number of hydrogen-bond donors (Lipinski definition) is 0. The molecule has 0 unspecified atom stereocenters. The van der Waals surface area contributed by atoms with Crippen LogP contribution in [0.1, 0.15) is 16.2 Å². The van der Waals surface area contributed by atoms with Gasteiger partial charge >= 0.3 is 0 Å². The Hall–Kier alpha value is -3.92. The molecular formula is C18H11N3O4. The molecule has 0 atom stereocenters. The molecule has 3 aromatic rings. The molecule has 7 nitrogen and oxygen atoms in total. The second kappa shape index (κ2) is 6.68. The predicted octanol–water partition coefficient (Wildman–Crippen LogP) is 3.77. The van der Waals surface area contributed by atoms with Crippen LogP contribution in [0.5, 0.6) is 0 Å². The van der Waals surface area contributed by atoms with Crippen molar-refractivity contribution < 1.29 is 14.1 Å². The normalized spacial score (nSPS) is 11.1. The van der Waals surface area contributed by atoms with E-state index >= 15 is 0 Å². The molecule has 3 rings (SSSR count). The van der Waals surface area contributed by atoms with Crippen LogP contribution in [0.2, 0.25) is 0 Å². The van der Waals surface area contributed by atoms with Crippen molar-refractivity contribution in [2.24, 2.45) is 0 Å². The maximum Gasteiger partial charge on any atom is 0.269 e. The lowest BCUT2D eigenvalue weighted by Crippen LogP contribution is -2.02. The van der Waals surface area contributed by atoms with E-state index in [9.17, 15) is 20.2 Å². The highest BCUT2D eigenvalue weighted by Gasteiger charge is 2.16. The van der Waals surface area contributed by atoms with Gasteiger partial charge in [0, 0.05) is 29.7 Å². The van der Waals surface area contributed by atoms with Crippen LogP contribution in [0, 0.1) is 21.4 Å². The van der Waals surface area contributed by atoms with E-state index in [1.165, 1.54) is 30.5 Å². The molecule has 122 valence electrons. The van der Waals surface area contributed by atoms with Crippen molar-refractivity contribution in [1.29, 1.82) is 5.26 Å². The number of carbonyl (C=O) groups is 1. The van der Waals surface area contributed by atoms with Gasteiger partial charge in [0.25, 0.3) is 5.69 Å². The molecule has 0 aliphatic rings. The highest BCUT2D eigenvalue weighted by atomic mass is 16.6. The number of nitriles is 1. The fourth-order valence-electron chi connectivity index (χ4n) is 2.32. The highest BCUT2D eigenvalue weighted by molar-refractivity contribution is 6.12. The van der Waals surface area contributed by atoms with Gasteiger partial charge in [-0.05, 0) is 42.5 Å². The summed E-state index contributed by atoms with van der Waals surface area (Å²) in [5.41, 5.74) is 1.17. The first-order chi connectivity index (χ1) is 12.1. The van der Waals surface area contributed by atoms with Gasteiger partial charge in [0.05, 0.1) is 11.2 Å². The Morgan fingerprint density at radius 2 is 1.96 bits per heavy atom. The maximum atomic E-state index is 12.3. The minimum atomic E-state index is -0.510. The number of nitro benzene ring substituents is 1. The molecule has 0 saturated heterocycles. The van der Waals surface area contributed by atoms with Gasteiger partial charge in [-0.1, -0.05) is 0 Å². The summed E-state index contributed by atoms with van der Waals surface area (Å²) >= 11 is 0. The summed E-state index contributed by atoms with van der Waals surface area (Å²) in [7, 11) is 0. The number of benzene rings is 1. The van der Waals surface area contributed by atoms with E-state index < -0.39 is 10.7 Å². The molecule has 2 heterocycles. The van der Waals surface area contributed by atoms with Gasteiger partial charge in [-0.2, -0.15) is 5.26 Å². The number of ketones is 1. The minimum absolute atomic E-state index is 0.0151. The standard InChI is InChI=1S/C18H11N3O4/c19-12-13(18(22)17-4-2-10-25-17)11-16-3-1-9-20(16)14-5-7-15(8-6-14)21(23)24/h1-11H/b13-11+. The van der Waals surface area contributed by atoms with Crippen LogP contribution in [-0.2, 0) is 0 Å². The largest absolute Gasteiger partial charge is 0.461 e. The lowest BCUT2D eigenvalue weighted by Gasteiger charge is -2.06. The fourth-order valence-corrected chi connectivity index (χ4v) is 2.32. The monoisotopic (exact) mass is 333 g/mol. The summed E-state index contributed by atoms with van der Waals surface area (Å²) in [4.78, 5) is 22.5. The van der Waals surface area contributed by atoms with Crippen molar-refractivity contribution in [2.75, 3.05) is 0 Å². The SMILES string of the molecule is N#C/C(=C\c1cccn1-c1ccc([N+](=O)[O-])cc1)C(=O)c1ccco1. The van der Waals surface area contributed by atoms with Crippen molar-refractivity contribution in [2.45, 2.75) is 0 Å². The van der Waals surface area contributed by atoms with E-state index in [2.05, 4.69) is 0 Å². The Kier molecular flexibility index (Phi) is 4.26. The number of aromatic nitrogens is 1. The van der Waals surface area contributed by atoms with E-state index in [-0.39, 0.29) is 17.0 Å². The van der Waals surface area contributed by atoms with E-state index in [1.807, 2.05) is 6.07 Å². The predicted molar refractivity (Wildman–Crippen MR) is 89.1 cm³/mol. The van der Waals surface area contributed by atoms with Crippen molar-refractivity contribution in [1.82, 2.24) is 4.57 Å². The van der Waals surface area contributed by atoms with Crippen LogP contribution in [0.25, 0.3) is 11.8 Å². The van der Waals surface area contributed by atoms with E-state index in [4.69, 9.17) is 4.42 Å². The Bertz CT molecular complexity index is 990. The molecule has 7 heteroatoms. The molecule has 0 radical (unpaired) electrons. The zero-order chi connectivity index (χ0) is 17.8. The van der Waals surface area contributed by atoms with Gasteiger partial charge < -0.3 is 8.98 Å². The summed E-state index contributed by atoms with van der Waals surface area (Å²) in [6, 6.07) is 14.4. The van der Waals surface area contributed by atoms with Gasteiger partial charge in [0.15, 0.2) is 5.76 Å². The third kappa shape index (κ3) is 3.23. The van der Waals surface area contributed by atoms with Crippen LogP contribution in [-0.4, -0.2) is 15.3 Å². The maximum absolute atomic E-state index is 12.3. The Morgan fingerprint density at radius 3 is 2.56 bits per heavy atom. The molecule has 0 aliphatic carbocycles. The van der Waals surface area contributed by atoms with Crippen molar-refractivity contribution >= 4 is 17.5 Å². The number of allylic oxidation sites excluding steroid dienone is 1. The summed E-state index contributed by atoms with van der Waals surface area (Å²) in [6.45, 7) is 0. The second-order valence-electron chi connectivity index (χ2n) is 5.05. The van der Waals surface area contributed by atoms with Crippen molar-refractivity contribution in [3.8, 4) is 11.8 Å². The molecule has 0 fully saturated rings. The molecule has 0 saturated carbocycles. The summed E-state index contributed by atoms with van der Waals surface area (Å²) < 4.78 is 6.75. The van der Waals surface area contributed by atoms with Crippen LogP contribution in [0.3, 0.4) is 0 Å². The lowest BCUT2D eigenvalue weighted by atomic mass is 10.1. The molecule has 0 aliphatic heterocycles. The summed E-state index contributed by atoms with van der Waals surface area (Å²) in [6.07, 6.45) is 4.55. The van der Waals surface area contributed by atoms with E-state index in [0.29, 0.717) is 11.4 Å². The fraction of sp³-hybridized carbons (Fsp3) is 0. The Balaban J connectivity index is 1.97.